The van der Waals surface area contributed by atoms with Gasteiger partial charge < -0.3 is 15.4 Å². The van der Waals surface area contributed by atoms with Gasteiger partial charge in [-0.3, -0.25) is 0 Å². The van der Waals surface area contributed by atoms with Crippen LogP contribution in [0.15, 0.2) is 24.3 Å². The highest BCUT2D eigenvalue weighted by atomic mass is 32.1. The lowest BCUT2D eigenvalue weighted by molar-refractivity contribution is 0.0534. The molecule has 0 bridgehead atoms. The Morgan fingerprint density at radius 1 is 1.24 bits per heavy atom. The largest absolute Gasteiger partial charge is 0.444 e. The number of ether oxygens (including phenoxy) is 1. The summed E-state index contributed by atoms with van der Waals surface area (Å²) in [6.45, 7) is 9.87. The van der Waals surface area contributed by atoms with Gasteiger partial charge in [0.15, 0.2) is 0 Å². The van der Waals surface area contributed by atoms with E-state index in [0.29, 0.717) is 6.54 Å². The van der Waals surface area contributed by atoms with Gasteiger partial charge in [-0.25, -0.2) is 4.79 Å². The Kier molecular flexibility index (Phi) is 7.47. The van der Waals surface area contributed by atoms with E-state index in [2.05, 4.69) is 29.7 Å². The van der Waals surface area contributed by atoms with E-state index in [1.165, 1.54) is 9.75 Å². The van der Waals surface area contributed by atoms with Crippen molar-refractivity contribution in [1.29, 1.82) is 0 Å². The van der Waals surface area contributed by atoms with Gasteiger partial charge >= 0.3 is 6.09 Å². The summed E-state index contributed by atoms with van der Waals surface area (Å²) < 4.78 is 5.14. The van der Waals surface area contributed by atoms with Crippen molar-refractivity contribution in [3.8, 4) is 0 Å². The van der Waals surface area contributed by atoms with Crippen LogP contribution in [0, 0.1) is 0 Å². The molecule has 0 aliphatic heterocycles. The standard InChI is InChI=1S/C16H26N2O2S/c1-5-13-8-9-14(21-13)12-17-10-6-7-11-18-15(19)20-16(2,3)4/h6-9,17H,5,10-12H2,1-4H3,(H,18,19)/b7-6+. The number of rotatable bonds is 7. The molecule has 5 heteroatoms. The Morgan fingerprint density at radius 2 is 1.90 bits per heavy atom. The molecule has 1 heterocycles. The molecule has 1 aromatic rings. The Bertz CT molecular complexity index is 461. The monoisotopic (exact) mass is 310 g/mol. The fourth-order valence-corrected chi connectivity index (χ4v) is 2.54. The van der Waals surface area contributed by atoms with Crippen molar-refractivity contribution < 1.29 is 9.53 Å². The lowest BCUT2D eigenvalue weighted by Gasteiger charge is -2.19. The van der Waals surface area contributed by atoms with Crippen molar-refractivity contribution in [2.45, 2.75) is 46.3 Å². The maximum Gasteiger partial charge on any atom is 0.407 e. The summed E-state index contributed by atoms with van der Waals surface area (Å²) in [5.41, 5.74) is -0.451. The highest BCUT2D eigenvalue weighted by Gasteiger charge is 2.14. The molecule has 0 aromatic carbocycles. The maximum absolute atomic E-state index is 11.4. The minimum Gasteiger partial charge on any atom is -0.444 e. The predicted octanol–water partition coefficient (Wildman–Crippen LogP) is 3.48. The minimum absolute atomic E-state index is 0.384. The van der Waals surface area contributed by atoms with E-state index in [1.54, 1.807) is 0 Å². The zero-order valence-corrected chi connectivity index (χ0v) is 14.2. The fourth-order valence-electron chi connectivity index (χ4n) is 1.61. The molecule has 0 radical (unpaired) electrons. The highest BCUT2D eigenvalue weighted by molar-refractivity contribution is 7.11. The second-order valence-corrected chi connectivity index (χ2v) is 6.96. The summed E-state index contributed by atoms with van der Waals surface area (Å²) in [7, 11) is 0. The first-order chi connectivity index (χ1) is 9.90. The molecule has 0 spiro atoms. The van der Waals surface area contributed by atoms with Crippen molar-refractivity contribution in [3.05, 3.63) is 34.0 Å². The molecule has 21 heavy (non-hydrogen) atoms. The smallest absolute Gasteiger partial charge is 0.407 e. The van der Waals surface area contributed by atoms with Gasteiger partial charge in [-0.2, -0.15) is 0 Å². The molecule has 4 nitrogen and oxygen atoms in total. The van der Waals surface area contributed by atoms with Gasteiger partial charge in [-0.15, -0.1) is 11.3 Å². The Balaban J connectivity index is 2.08. The fraction of sp³-hybridized carbons (Fsp3) is 0.562. The number of hydrogen-bond acceptors (Lipinski definition) is 4. The average molecular weight is 310 g/mol. The lowest BCUT2D eigenvalue weighted by Crippen LogP contribution is -2.32. The molecular formula is C16H26N2O2S. The quantitative estimate of drug-likeness (QED) is 0.599. The van der Waals surface area contributed by atoms with E-state index in [9.17, 15) is 4.79 Å². The summed E-state index contributed by atoms with van der Waals surface area (Å²) >= 11 is 1.85. The third-order valence-corrected chi connectivity index (χ3v) is 3.79. The minimum atomic E-state index is -0.451. The number of aryl methyl sites for hydroxylation is 1. The van der Waals surface area contributed by atoms with E-state index in [0.717, 1.165) is 19.5 Å². The van der Waals surface area contributed by atoms with Crippen LogP contribution in [0.5, 0.6) is 0 Å². The zero-order valence-electron chi connectivity index (χ0n) is 13.4. The van der Waals surface area contributed by atoms with Crippen molar-refractivity contribution >= 4 is 17.4 Å². The van der Waals surface area contributed by atoms with Crippen molar-refractivity contribution in [1.82, 2.24) is 10.6 Å². The first-order valence-electron chi connectivity index (χ1n) is 7.31. The molecule has 0 saturated carbocycles. The Morgan fingerprint density at radius 3 is 2.52 bits per heavy atom. The number of nitrogens with one attached hydrogen (secondary N) is 2. The first kappa shape index (κ1) is 17.7. The summed E-state index contributed by atoms with van der Waals surface area (Å²) in [6.07, 6.45) is 4.64. The first-order valence-corrected chi connectivity index (χ1v) is 8.12. The Hall–Kier alpha value is -1.33. The molecule has 1 rings (SSSR count). The van der Waals surface area contributed by atoms with Crippen molar-refractivity contribution in [2.75, 3.05) is 13.1 Å². The van der Waals surface area contributed by atoms with Crippen LogP contribution in [-0.2, 0) is 17.7 Å². The van der Waals surface area contributed by atoms with Gasteiger partial charge in [-0.05, 0) is 39.3 Å². The van der Waals surface area contributed by atoms with Gasteiger partial charge in [0.05, 0.1) is 0 Å². The molecule has 0 aliphatic rings. The van der Waals surface area contributed by atoms with Crippen LogP contribution in [-0.4, -0.2) is 24.8 Å². The summed E-state index contributed by atoms with van der Waals surface area (Å²) in [5.74, 6) is 0. The number of alkyl carbamates (subject to hydrolysis) is 1. The molecule has 2 N–H and O–H groups in total. The average Bonchev–Trinajstić information content (AvgIpc) is 2.83. The van der Waals surface area contributed by atoms with E-state index in [4.69, 9.17) is 4.74 Å². The van der Waals surface area contributed by atoms with Crippen LogP contribution in [0.3, 0.4) is 0 Å². The number of thiophene rings is 1. The molecule has 118 valence electrons. The van der Waals surface area contributed by atoms with Gasteiger partial charge in [0, 0.05) is 29.4 Å². The predicted molar refractivity (Wildman–Crippen MR) is 88.8 cm³/mol. The van der Waals surface area contributed by atoms with E-state index >= 15 is 0 Å². The van der Waals surface area contributed by atoms with Crippen molar-refractivity contribution in [2.24, 2.45) is 0 Å². The number of carbonyl (C=O) groups excluding carboxylic acids is 1. The molecular weight excluding hydrogens is 284 g/mol. The van der Waals surface area contributed by atoms with Gasteiger partial charge in [-0.1, -0.05) is 19.1 Å². The lowest BCUT2D eigenvalue weighted by atomic mass is 10.2. The second-order valence-electron chi connectivity index (χ2n) is 5.71. The summed E-state index contributed by atoms with van der Waals surface area (Å²) in [5, 5.41) is 6.03. The highest BCUT2D eigenvalue weighted by Crippen LogP contribution is 2.16. The van der Waals surface area contributed by atoms with Gasteiger partial charge in [0.1, 0.15) is 5.60 Å². The molecule has 0 unspecified atom stereocenters. The number of amides is 1. The third kappa shape index (κ3) is 8.52. The summed E-state index contributed by atoms with van der Waals surface area (Å²) in [6, 6.07) is 4.35. The second kappa shape index (κ2) is 8.85. The van der Waals surface area contributed by atoms with Crippen molar-refractivity contribution in [3.63, 3.8) is 0 Å². The Labute approximate surface area is 131 Å². The van der Waals surface area contributed by atoms with E-state index in [1.807, 2.05) is 44.3 Å². The molecule has 0 atom stereocenters. The van der Waals surface area contributed by atoms with Crippen LogP contribution in [0.25, 0.3) is 0 Å². The number of hydrogen-bond donors (Lipinski definition) is 2. The van der Waals surface area contributed by atoms with Crippen LogP contribution in [0.4, 0.5) is 4.79 Å². The molecule has 0 saturated heterocycles. The van der Waals surface area contributed by atoms with Gasteiger partial charge in [0.2, 0.25) is 0 Å². The zero-order chi connectivity index (χ0) is 15.7. The van der Waals surface area contributed by atoms with Crippen LogP contribution in [0.1, 0.15) is 37.4 Å². The van der Waals surface area contributed by atoms with Gasteiger partial charge in [0.25, 0.3) is 0 Å². The normalized spacial score (nSPS) is 11.8. The molecule has 0 fully saturated rings. The molecule has 1 amide bonds. The van der Waals surface area contributed by atoms with E-state index < -0.39 is 5.60 Å². The summed E-state index contributed by atoms with van der Waals surface area (Å²) in [4.78, 5) is 14.2. The molecule has 0 aliphatic carbocycles. The SMILES string of the molecule is CCc1ccc(CNC/C=C/CNC(=O)OC(C)(C)C)s1. The van der Waals surface area contributed by atoms with Crippen LogP contribution in [0.2, 0.25) is 0 Å². The maximum atomic E-state index is 11.4. The van der Waals surface area contributed by atoms with E-state index in [-0.39, 0.29) is 6.09 Å². The van der Waals surface area contributed by atoms with Crippen LogP contribution < -0.4 is 10.6 Å². The topological polar surface area (TPSA) is 50.4 Å². The third-order valence-electron chi connectivity index (χ3n) is 2.56. The van der Waals surface area contributed by atoms with Crippen LogP contribution >= 0.6 is 11.3 Å². The molecule has 1 aromatic heterocycles. The number of carbonyl (C=O) groups is 1.